The quantitative estimate of drug-likeness (QED) is 0.151. The molecule has 0 saturated heterocycles. The smallest absolute Gasteiger partial charge is 0.266 e. The lowest BCUT2D eigenvalue weighted by Gasteiger charge is -2.14. The Bertz CT molecular complexity index is 1450. The summed E-state index contributed by atoms with van der Waals surface area (Å²) in [6.45, 7) is 1.94. The number of rotatable bonds is 7. The number of amides is 1. The molecule has 1 aromatic heterocycles. The lowest BCUT2D eigenvalue weighted by Crippen LogP contribution is -2.24. The van der Waals surface area contributed by atoms with Crippen molar-refractivity contribution in [3.05, 3.63) is 105 Å². The number of hydrogen-bond donors (Lipinski definition) is 1. The highest BCUT2D eigenvalue weighted by molar-refractivity contribution is 9.12. The number of aryl methyl sites for hydroxylation is 1. The number of hydrazone groups is 1. The molecule has 0 unspecified atom stereocenters. The van der Waals surface area contributed by atoms with Gasteiger partial charge in [-0.3, -0.25) is 14.2 Å². The van der Waals surface area contributed by atoms with Gasteiger partial charge in [-0.05, 0) is 58.3 Å². The molecule has 0 atom stereocenters. The van der Waals surface area contributed by atoms with E-state index in [0.29, 0.717) is 16.1 Å². The Hall–Kier alpha value is -3.49. The third-order valence-corrected chi connectivity index (χ3v) is 6.29. The van der Waals surface area contributed by atoms with Crippen molar-refractivity contribution in [2.45, 2.75) is 12.1 Å². The number of thioether (sulfide) groups is 1. The van der Waals surface area contributed by atoms with Gasteiger partial charge in [0.1, 0.15) is 0 Å². The molecule has 0 fully saturated rings. The zero-order valence-electron chi connectivity index (χ0n) is 18.3. The first kappa shape index (κ1) is 23.7. The van der Waals surface area contributed by atoms with Gasteiger partial charge < -0.3 is 0 Å². The summed E-state index contributed by atoms with van der Waals surface area (Å²) >= 11 is 4.61. The molecule has 1 heterocycles. The highest BCUT2D eigenvalue weighted by Crippen LogP contribution is 2.23. The number of fused-ring (bicyclic) bond motifs is 1. The maximum atomic E-state index is 13.3. The van der Waals surface area contributed by atoms with Crippen molar-refractivity contribution in [1.82, 2.24) is 15.0 Å². The summed E-state index contributed by atoms with van der Waals surface area (Å²) in [5.74, 6) is -0.256. The fraction of sp³-hybridized carbons (Fsp3) is 0.0769. The standard InChI is InChI=1S/C26H21BrN4O2S/c1-18-9-5-8-14-23(18)31-25(33)21-12-6-7-13-22(21)29-26(31)34-17-24(32)30-28-16-20(27)15-19-10-3-2-4-11-19/h2-16H,17H2,1H3,(H,30,32)/b20-15-,28-16+. The summed E-state index contributed by atoms with van der Waals surface area (Å²) < 4.78 is 2.29. The van der Waals surface area contributed by atoms with Crippen molar-refractivity contribution >= 4 is 56.8 Å². The molecule has 0 aliphatic heterocycles. The Morgan fingerprint density at radius 3 is 2.56 bits per heavy atom. The Morgan fingerprint density at radius 2 is 1.76 bits per heavy atom. The van der Waals surface area contributed by atoms with Crippen molar-refractivity contribution in [2.75, 3.05) is 5.75 Å². The molecular formula is C26H21BrN4O2S. The predicted octanol–water partition coefficient (Wildman–Crippen LogP) is 5.32. The van der Waals surface area contributed by atoms with Crippen molar-refractivity contribution in [2.24, 2.45) is 5.10 Å². The van der Waals surface area contributed by atoms with Crippen LogP contribution in [0, 0.1) is 6.92 Å². The fourth-order valence-corrected chi connectivity index (χ4v) is 4.47. The molecule has 0 radical (unpaired) electrons. The second-order valence-corrected chi connectivity index (χ2v) is 9.22. The molecule has 8 heteroatoms. The van der Waals surface area contributed by atoms with E-state index >= 15 is 0 Å². The molecule has 1 N–H and O–H groups in total. The predicted molar refractivity (Wildman–Crippen MR) is 143 cm³/mol. The van der Waals surface area contributed by atoms with Gasteiger partial charge in [-0.15, -0.1) is 0 Å². The molecule has 0 bridgehead atoms. The fourth-order valence-electron chi connectivity index (χ4n) is 3.31. The zero-order valence-corrected chi connectivity index (χ0v) is 20.7. The maximum Gasteiger partial charge on any atom is 0.266 e. The minimum Gasteiger partial charge on any atom is -0.272 e. The number of halogens is 1. The molecule has 4 aromatic rings. The number of para-hydroxylation sites is 2. The van der Waals surface area contributed by atoms with Gasteiger partial charge in [0.05, 0.1) is 28.6 Å². The van der Waals surface area contributed by atoms with Crippen molar-refractivity contribution in [3.63, 3.8) is 0 Å². The van der Waals surface area contributed by atoms with Gasteiger partial charge in [-0.2, -0.15) is 5.10 Å². The van der Waals surface area contributed by atoms with E-state index in [-0.39, 0.29) is 17.2 Å². The molecule has 0 aliphatic rings. The van der Waals surface area contributed by atoms with E-state index in [0.717, 1.165) is 21.3 Å². The summed E-state index contributed by atoms with van der Waals surface area (Å²) in [4.78, 5) is 30.4. The average Bonchev–Trinajstić information content (AvgIpc) is 2.84. The van der Waals surface area contributed by atoms with Crippen LogP contribution in [0.4, 0.5) is 0 Å². The molecular weight excluding hydrogens is 512 g/mol. The van der Waals surface area contributed by atoms with Crippen LogP contribution in [0.15, 0.2) is 98.4 Å². The third-order valence-electron chi connectivity index (χ3n) is 4.91. The van der Waals surface area contributed by atoms with Gasteiger partial charge >= 0.3 is 0 Å². The number of hydrogen-bond acceptors (Lipinski definition) is 5. The first-order chi connectivity index (χ1) is 16.5. The van der Waals surface area contributed by atoms with Crippen LogP contribution in [-0.2, 0) is 4.79 Å². The van der Waals surface area contributed by atoms with Gasteiger partial charge in [0.2, 0.25) is 0 Å². The minimum atomic E-state index is -0.306. The van der Waals surface area contributed by atoms with E-state index in [4.69, 9.17) is 0 Å². The first-order valence-electron chi connectivity index (χ1n) is 10.5. The average molecular weight is 533 g/mol. The number of carbonyl (C=O) groups is 1. The monoisotopic (exact) mass is 532 g/mol. The highest BCUT2D eigenvalue weighted by Gasteiger charge is 2.15. The SMILES string of the molecule is Cc1ccccc1-n1c(SCC(=O)N/N=C/C(Br)=C/c2ccccc2)nc2ccccc2c1=O. The molecule has 6 nitrogen and oxygen atoms in total. The normalized spacial score (nSPS) is 11.8. The lowest BCUT2D eigenvalue weighted by atomic mass is 10.2. The largest absolute Gasteiger partial charge is 0.272 e. The maximum absolute atomic E-state index is 13.3. The molecule has 0 spiro atoms. The van der Waals surface area contributed by atoms with E-state index in [1.54, 1.807) is 16.7 Å². The van der Waals surface area contributed by atoms with Gasteiger partial charge in [0, 0.05) is 4.48 Å². The van der Waals surface area contributed by atoms with Crippen LogP contribution >= 0.6 is 27.7 Å². The third kappa shape index (κ3) is 5.70. The van der Waals surface area contributed by atoms with Gasteiger partial charge in [-0.25, -0.2) is 10.4 Å². The van der Waals surface area contributed by atoms with Crippen molar-refractivity contribution in [3.8, 4) is 5.69 Å². The Balaban J connectivity index is 1.52. The van der Waals surface area contributed by atoms with Crippen LogP contribution in [0.5, 0.6) is 0 Å². The summed E-state index contributed by atoms with van der Waals surface area (Å²) in [6.07, 6.45) is 3.41. The number of nitrogens with zero attached hydrogens (tertiary/aromatic N) is 3. The molecule has 170 valence electrons. The van der Waals surface area contributed by atoms with Gasteiger partial charge in [0.15, 0.2) is 5.16 Å². The summed E-state index contributed by atoms with van der Waals surface area (Å²) in [7, 11) is 0. The summed E-state index contributed by atoms with van der Waals surface area (Å²) in [5.41, 5.74) is 5.62. The van der Waals surface area contributed by atoms with Crippen LogP contribution < -0.4 is 11.0 Å². The van der Waals surface area contributed by atoms with E-state index in [9.17, 15) is 9.59 Å². The molecule has 1 amide bonds. The van der Waals surface area contributed by atoms with E-state index < -0.39 is 0 Å². The molecule has 0 aliphatic carbocycles. The number of aromatic nitrogens is 2. The zero-order chi connectivity index (χ0) is 23.9. The Morgan fingerprint density at radius 1 is 1.06 bits per heavy atom. The highest BCUT2D eigenvalue weighted by atomic mass is 79.9. The summed E-state index contributed by atoms with van der Waals surface area (Å²) in [6, 6.07) is 24.6. The first-order valence-corrected chi connectivity index (χ1v) is 12.3. The van der Waals surface area contributed by atoms with Crippen molar-refractivity contribution in [1.29, 1.82) is 0 Å². The van der Waals surface area contributed by atoms with Gasteiger partial charge in [-0.1, -0.05) is 72.4 Å². The van der Waals surface area contributed by atoms with Crippen LogP contribution in [0.3, 0.4) is 0 Å². The number of nitrogens with one attached hydrogen (secondary N) is 1. The number of benzene rings is 3. The second-order valence-electron chi connectivity index (χ2n) is 7.36. The Kier molecular flexibility index (Phi) is 7.72. The minimum absolute atomic E-state index is 0.0496. The van der Waals surface area contributed by atoms with E-state index in [1.807, 2.05) is 79.7 Å². The molecule has 4 rings (SSSR count). The topological polar surface area (TPSA) is 76.3 Å². The van der Waals surface area contributed by atoms with Crippen LogP contribution in [-0.4, -0.2) is 27.4 Å². The van der Waals surface area contributed by atoms with Crippen molar-refractivity contribution < 1.29 is 4.79 Å². The number of allylic oxidation sites excluding steroid dienone is 1. The van der Waals surface area contributed by atoms with E-state index in [2.05, 4.69) is 31.4 Å². The van der Waals surface area contributed by atoms with Crippen LogP contribution in [0.25, 0.3) is 22.7 Å². The molecule has 3 aromatic carbocycles. The molecule has 0 saturated carbocycles. The van der Waals surface area contributed by atoms with Crippen LogP contribution in [0.1, 0.15) is 11.1 Å². The summed E-state index contributed by atoms with van der Waals surface area (Å²) in [5, 5.41) is 4.97. The lowest BCUT2D eigenvalue weighted by molar-refractivity contribution is -0.118. The molecule has 34 heavy (non-hydrogen) atoms. The second kappa shape index (κ2) is 11.1. The van der Waals surface area contributed by atoms with Crippen LogP contribution in [0.2, 0.25) is 0 Å². The van der Waals surface area contributed by atoms with E-state index in [1.165, 1.54) is 18.0 Å². The Labute approximate surface area is 209 Å². The number of carbonyl (C=O) groups excluding carboxylic acids is 1. The van der Waals surface area contributed by atoms with Gasteiger partial charge in [0.25, 0.3) is 11.5 Å².